The van der Waals surface area contributed by atoms with Gasteiger partial charge in [0.2, 0.25) is 0 Å². The number of methoxy groups -OCH3 is 1. The molecule has 0 aromatic carbocycles. The number of aromatic amines is 1. The fourth-order valence-corrected chi connectivity index (χ4v) is 2.43. The summed E-state index contributed by atoms with van der Waals surface area (Å²) in [6, 6.07) is 0. The summed E-state index contributed by atoms with van der Waals surface area (Å²) in [7, 11) is 1.43. The Morgan fingerprint density at radius 2 is 2.31 bits per heavy atom. The summed E-state index contributed by atoms with van der Waals surface area (Å²) >= 11 is 0. The summed E-state index contributed by atoms with van der Waals surface area (Å²) in [6.45, 7) is 0. The molecule has 1 N–H and O–H groups in total. The highest BCUT2D eigenvalue weighted by Gasteiger charge is 2.21. The minimum absolute atomic E-state index is 0.154. The topological polar surface area (TPSA) is 55.0 Å². The number of H-pyrrole nitrogens is 1. The van der Waals surface area contributed by atoms with Gasteiger partial charge in [0.15, 0.2) is 0 Å². The number of carbonyl (C=O) groups is 1. The average molecular weight is 222 g/mol. The fraction of sp³-hybridized carbons (Fsp3) is 0.667. The van der Waals surface area contributed by atoms with Crippen LogP contribution in [-0.4, -0.2) is 23.3 Å². The molecule has 0 aliphatic heterocycles. The molecule has 0 atom stereocenters. The molecule has 0 unspecified atom stereocenters. The van der Waals surface area contributed by atoms with Crippen LogP contribution < -0.4 is 0 Å². The number of aromatic nitrogens is 2. The van der Waals surface area contributed by atoms with Crippen molar-refractivity contribution in [1.82, 2.24) is 10.2 Å². The van der Waals surface area contributed by atoms with Crippen LogP contribution in [0.3, 0.4) is 0 Å². The molecule has 0 bridgehead atoms. The van der Waals surface area contributed by atoms with Crippen molar-refractivity contribution in [2.75, 3.05) is 7.11 Å². The molecule has 0 radical (unpaired) electrons. The lowest BCUT2D eigenvalue weighted by molar-refractivity contribution is -0.140. The first-order valence-corrected chi connectivity index (χ1v) is 5.90. The lowest BCUT2D eigenvalue weighted by Gasteiger charge is -2.09. The summed E-state index contributed by atoms with van der Waals surface area (Å²) in [5.41, 5.74) is 2.42. The summed E-state index contributed by atoms with van der Waals surface area (Å²) in [4.78, 5) is 11.1. The number of hydrogen-bond acceptors (Lipinski definition) is 3. The first-order chi connectivity index (χ1) is 7.81. The van der Waals surface area contributed by atoms with Crippen LogP contribution >= 0.6 is 0 Å². The Bertz CT molecular complexity index is 354. The van der Waals surface area contributed by atoms with Gasteiger partial charge in [0.1, 0.15) is 0 Å². The zero-order chi connectivity index (χ0) is 11.4. The van der Waals surface area contributed by atoms with E-state index < -0.39 is 0 Å². The molecule has 1 heterocycles. The van der Waals surface area contributed by atoms with Crippen molar-refractivity contribution in [3.8, 4) is 0 Å². The quantitative estimate of drug-likeness (QED) is 0.794. The molecule has 16 heavy (non-hydrogen) atoms. The number of nitrogens with zero attached hydrogens (tertiary/aromatic N) is 1. The zero-order valence-corrected chi connectivity index (χ0v) is 9.66. The predicted molar refractivity (Wildman–Crippen MR) is 60.1 cm³/mol. The minimum atomic E-state index is -0.154. The Balaban J connectivity index is 1.98. The second kappa shape index (κ2) is 5.14. The van der Waals surface area contributed by atoms with Gasteiger partial charge in [-0.25, -0.2) is 0 Å². The Morgan fingerprint density at radius 3 is 3.00 bits per heavy atom. The number of carbonyl (C=O) groups excluding carboxylic acids is 1. The number of esters is 1. The molecule has 2 rings (SSSR count). The number of ether oxygens (including phenoxy) is 1. The van der Waals surface area contributed by atoms with Gasteiger partial charge in [0.25, 0.3) is 0 Å². The molecule has 1 saturated carbocycles. The van der Waals surface area contributed by atoms with Crippen molar-refractivity contribution >= 4 is 5.97 Å². The molecule has 1 aromatic heterocycles. The van der Waals surface area contributed by atoms with E-state index >= 15 is 0 Å². The van der Waals surface area contributed by atoms with Crippen molar-refractivity contribution in [2.24, 2.45) is 0 Å². The van der Waals surface area contributed by atoms with E-state index in [4.69, 9.17) is 0 Å². The molecule has 0 amide bonds. The van der Waals surface area contributed by atoms with Crippen molar-refractivity contribution < 1.29 is 9.53 Å². The maximum Gasteiger partial charge on any atom is 0.305 e. The Kier molecular flexibility index (Phi) is 3.59. The van der Waals surface area contributed by atoms with Crippen LogP contribution in [0.5, 0.6) is 0 Å². The first kappa shape index (κ1) is 11.2. The second-order valence-corrected chi connectivity index (χ2v) is 4.37. The molecule has 1 aliphatic carbocycles. The maximum atomic E-state index is 11.1. The molecule has 0 saturated heterocycles. The van der Waals surface area contributed by atoms with E-state index in [9.17, 15) is 4.79 Å². The summed E-state index contributed by atoms with van der Waals surface area (Å²) in [5.74, 6) is 0.466. The smallest absolute Gasteiger partial charge is 0.305 e. The van der Waals surface area contributed by atoms with Gasteiger partial charge in [0, 0.05) is 18.0 Å². The van der Waals surface area contributed by atoms with Crippen LogP contribution in [0, 0.1) is 0 Å². The van der Waals surface area contributed by atoms with Gasteiger partial charge < -0.3 is 4.74 Å². The first-order valence-electron chi connectivity index (χ1n) is 5.90. The molecule has 1 aromatic rings. The van der Waals surface area contributed by atoms with Gasteiger partial charge in [0.05, 0.1) is 13.3 Å². The predicted octanol–water partition coefficient (Wildman–Crippen LogP) is 2.17. The zero-order valence-electron chi connectivity index (χ0n) is 9.66. The molecule has 1 fully saturated rings. The molecule has 4 heteroatoms. The Morgan fingerprint density at radius 1 is 1.56 bits per heavy atom. The Labute approximate surface area is 95.4 Å². The van der Waals surface area contributed by atoms with Gasteiger partial charge in [-0.15, -0.1) is 0 Å². The molecular formula is C12H18N2O2. The fourth-order valence-electron chi connectivity index (χ4n) is 2.43. The molecule has 0 spiro atoms. The number of hydrogen-bond donors (Lipinski definition) is 1. The largest absolute Gasteiger partial charge is 0.469 e. The lowest BCUT2D eigenvalue weighted by Crippen LogP contribution is -2.04. The maximum absolute atomic E-state index is 11.1. The highest BCUT2D eigenvalue weighted by atomic mass is 16.5. The van der Waals surface area contributed by atoms with Gasteiger partial charge in [-0.1, -0.05) is 12.8 Å². The lowest BCUT2D eigenvalue weighted by atomic mass is 9.98. The minimum Gasteiger partial charge on any atom is -0.469 e. The van der Waals surface area contributed by atoms with Gasteiger partial charge in [-0.3, -0.25) is 9.89 Å². The van der Waals surface area contributed by atoms with Crippen LogP contribution in [0.2, 0.25) is 0 Å². The molecule has 4 nitrogen and oxygen atoms in total. The average Bonchev–Trinajstić information content (AvgIpc) is 2.95. The molecule has 88 valence electrons. The van der Waals surface area contributed by atoms with Gasteiger partial charge in [-0.05, 0) is 24.8 Å². The van der Waals surface area contributed by atoms with Crippen LogP contribution in [0.15, 0.2) is 6.20 Å². The third-order valence-electron chi connectivity index (χ3n) is 3.34. The second-order valence-electron chi connectivity index (χ2n) is 4.37. The van der Waals surface area contributed by atoms with E-state index in [-0.39, 0.29) is 5.97 Å². The SMILES string of the molecule is COC(=O)CCc1cn[nH]c1C1CCCC1. The van der Waals surface area contributed by atoms with E-state index in [1.807, 2.05) is 6.20 Å². The number of nitrogens with one attached hydrogen (secondary N) is 1. The Hall–Kier alpha value is -1.32. The summed E-state index contributed by atoms with van der Waals surface area (Å²) in [6.07, 6.45) is 8.11. The van der Waals surface area contributed by atoms with Crippen LogP contribution in [-0.2, 0) is 16.0 Å². The standard InChI is InChI=1S/C12H18N2O2/c1-16-11(15)7-6-10-8-13-14-12(10)9-4-2-3-5-9/h8-9H,2-7H2,1H3,(H,13,14). The van der Waals surface area contributed by atoms with E-state index in [1.165, 1.54) is 44.1 Å². The van der Waals surface area contributed by atoms with Crippen LogP contribution in [0.4, 0.5) is 0 Å². The van der Waals surface area contributed by atoms with E-state index in [0.717, 1.165) is 6.42 Å². The number of rotatable bonds is 4. The van der Waals surface area contributed by atoms with E-state index in [1.54, 1.807) is 0 Å². The summed E-state index contributed by atoms with van der Waals surface area (Å²) < 4.78 is 4.64. The van der Waals surface area contributed by atoms with Crippen LogP contribution in [0.25, 0.3) is 0 Å². The third kappa shape index (κ3) is 2.43. The highest BCUT2D eigenvalue weighted by molar-refractivity contribution is 5.69. The van der Waals surface area contributed by atoms with Gasteiger partial charge >= 0.3 is 5.97 Å². The van der Waals surface area contributed by atoms with E-state index in [2.05, 4.69) is 14.9 Å². The van der Waals surface area contributed by atoms with E-state index in [0.29, 0.717) is 12.3 Å². The number of aryl methyl sites for hydroxylation is 1. The van der Waals surface area contributed by atoms with Crippen molar-refractivity contribution in [3.63, 3.8) is 0 Å². The third-order valence-corrected chi connectivity index (χ3v) is 3.34. The molecular weight excluding hydrogens is 204 g/mol. The normalized spacial score (nSPS) is 16.6. The van der Waals surface area contributed by atoms with Crippen LogP contribution in [0.1, 0.15) is 49.3 Å². The monoisotopic (exact) mass is 222 g/mol. The van der Waals surface area contributed by atoms with Crippen molar-refractivity contribution in [3.05, 3.63) is 17.5 Å². The van der Waals surface area contributed by atoms with Crippen molar-refractivity contribution in [2.45, 2.75) is 44.4 Å². The van der Waals surface area contributed by atoms with Crippen molar-refractivity contribution in [1.29, 1.82) is 0 Å². The highest BCUT2D eigenvalue weighted by Crippen LogP contribution is 2.34. The summed E-state index contributed by atoms with van der Waals surface area (Å²) in [5, 5.41) is 7.18. The van der Waals surface area contributed by atoms with Gasteiger partial charge in [-0.2, -0.15) is 5.10 Å². The molecule has 1 aliphatic rings.